The lowest BCUT2D eigenvalue weighted by Gasteiger charge is -2.21. The molecule has 2 rings (SSSR count). The van der Waals surface area contributed by atoms with Gasteiger partial charge in [-0.25, -0.2) is 4.79 Å². The van der Waals surface area contributed by atoms with E-state index in [0.29, 0.717) is 19.0 Å². The van der Waals surface area contributed by atoms with Crippen LogP contribution in [-0.4, -0.2) is 36.5 Å². The molecule has 1 aliphatic carbocycles. The fourth-order valence-corrected chi connectivity index (χ4v) is 2.44. The first-order valence-electron chi connectivity index (χ1n) is 7.95. The number of hydrogen-bond acceptors (Lipinski definition) is 3. The van der Waals surface area contributed by atoms with E-state index in [0.717, 1.165) is 13.0 Å². The maximum Gasteiger partial charge on any atom is 0.321 e. The quantitative estimate of drug-likeness (QED) is 0.810. The highest BCUT2D eigenvalue weighted by molar-refractivity contribution is 5.94. The molecule has 5 heteroatoms. The van der Waals surface area contributed by atoms with Gasteiger partial charge in [0.05, 0.1) is 0 Å². The van der Waals surface area contributed by atoms with Crippen molar-refractivity contribution in [3.05, 3.63) is 35.4 Å². The molecule has 1 aromatic rings. The maximum atomic E-state index is 11.7. The van der Waals surface area contributed by atoms with E-state index in [1.807, 2.05) is 0 Å². The monoisotopic (exact) mass is 303 g/mol. The third-order valence-electron chi connectivity index (χ3n) is 3.99. The predicted molar refractivity (Wildman–Crippen MR) is 86.5 cm³/mol. The number of nitrogens with one attached hydrogen (secondary N) is 2. The Morgan fingerprint density at radius 1 is 1.18 bits per heavy atom. The number of carbonyl (C=O) groups excluding carboxylic acids is 2. The zero-order valence-corrected chi connectivity index (χ0v) is 13.4. The average molecular weight is 303 g/mol. The number of nitrogens with zero attached hydrogens (tertiary/aromatic N) is 1. The van der Waals surface area contributed by atoms with Gasteiger partial charge in [0.15, 0.2) is 0 Å². The minimum absolute atomic E-state index is 0.230. The van der Waals surface area contributed by atoms with Gasteiger partial charge in [0.25, 0.3) is 0 Å². The second-order valence-corrected chi connectivity index (χ2v) is 5.75. The number of amides is 3. The molecule has 0 atom stereocenters. The summed E-state index contributed by atoms with van der Waals surface area (Å²) in [6.07, 6.45) is 3.79. The van der Waals surface area contributed by atoms with Gasteiger partial charge in [-0.3, -0.25) is 15.0 Å². The Bertz CT molecular complexity index is 509. The lowest BCUT2D eigenvalue weighted by Crippen LogP contribution is -2.39. The Balaban J connectivity index is 1.84. The van der Waals surface area contributed by atoms with Crippen LogP contribution in [-0.2, 0) is 17.8 Å². The Hall–Kier alpha value is -1.88. The molecule has 0 radical (unpaired) electrons. The molecule has 22 heavy (non-hydrogen) atoms. The minimum Gasteiger partial charge on any atom is -0.341 e. The topological polar surface area (TPSA) is 61.4 Å². The largest absolute Gasteiger partial charge is 0.341 e. The van der Waals surface area contributed by atoms with E-state index in [1.54, 1.807) is 0 Å². The molecule has 120 valence electrons. The number of benzene rings is 1. The van der Waals surface area contributed by atoms with Crippen LogP contribution in [0.3, 0.4) is 0 Å². The minimum atomic E-state index is -0.446. The molecule has 3 amide bonds. The molecule has 0 aromatic heterocycles. The fraction of sp³-hybridized carbons (Fsp3) is 0.529. The van der Waals surface area contributed by atoms with E-state index in [4.69, 9.17) is 0 Å². The highest BCUT2D eigenvalue weighted by Crippen LogP contribution is 2.28. The maximum absolute atomic E-state index is 11.7. The molecule has 1 fully saturated rings. The zero-order chi connectivity index (χ0) is 15.9. The third kappa shape index (κ3) is 5.15. The van der Waals surface area contributed by atoms with Gasteiger partial charge in [-0.2, -0.15) is 0 Å². The lowest BCUT2D eigenvalue weighted by atomic mass is 10.1. The molecule has 1 aromatic carbocycles. The Labute approximate surface area is 132 Å². The van der Waals surface area contributed by atoms with Crippen molar-refractivity contribution >= 4 is 11.9 Å². The van der Waals surface area contributed by atoms with Crippen LogP contribution in [0.15, 0.2) is 24.3 Å². The summed E-state index contributed by atoms with van der Waals surface area (Å²) in [5.41, 5.74) is 2.61. The number of aryl methyl sites for hydroxylation is 1. The van der Waals surface area contributed by atoms with Crippen molar-refractivity contribution in [3.63, 3.8) is 0 Å². The van der Waals surface area contributed by atoms with Gasteiger partial charge in [-0.1, -0.05) is 31.2 Å². The molecule has 0 aliphatic heterocycles. The summed E-state index contributed by atoms with van der Waals surface area (Å²) in [6.45, 7) is 3.70. The van der Waals surface area contributed by atoms with Crippen molar-refractivity contribution in [1.29, 1.82) is 0 Å². The van der Waals surface area contributed by atoms with Crippen LogP contribution in [0, 0.1) is 0 Å². The zero-order valence-electron chi connectivity index (χ0n) is 13.4. The summed E-state index contributed by atoms with van der Waals surface area (Å²) in [5.74, 6) is -0.230. The summed E-state index contributed by atoms with van der Waals surface area (Å²) in [4.78, 5) is 25.1. The van der Waals surface area contributed by atoms with Crippen molar-refractivity contribution < 1.29 is 9.59 Å². The summed E-state index contributed by atoms with van der Waals surface area (Å²) in [5, 5.41) is 4.69. The van der Waals surface area contributed by atoms with Crippen LogP contribution in [0.1, 0.15) is 37.3 Å². The first kappa shape index (κ1) is 16.5. The van der Waals surface area contributed by atoms with Crippen LogP contribution in [0.4, 0.5) is 4.79 Å². The van der Waals surface area contributed by atoms with Crippen LogP contribution in [0.25, 0.3) is 0 Å². The Kier molecular flexibility index (Phi) is 5.95. The summed E-state index contributed by atoms with van der Waals surface area (Å²) in [6, 6.07) is 8.80. The second kappa shape index (κ2) is 7.94. The van der Waals surface area contributed by atoms with Gasteiger partial charge in [-0.05, 0) is 30.4 Å². The van der Waals surface area contributed by atoms with Gasteiger partial charge < -0.3 is 5.32 Å². The number of rotatable bonds is 7. The van der Waals surface area contributed by atoms with E-state index in [-0.39, 0.29) is 5.91 Å². The molecular weight excluding hydrogens is 278 g/mol. The molecule has 0 spiro atoms. The molecule has 0 bridgehead atoms. The van der Waals surface area contributed by atoms with Crippen LogP contribution < -0.4 is 10.6 Å². The van der Waals surface area contributed by atoms with Crippen LogP contribution >= 0.6 is 0 Å². The van der Waals surface area contributed by atoms with Crippen molar-refractivity contribution in [2.24, 2.45) is 0 Å². The van der Waals surface area contributed by atoms with E-state index >= 15 is 0 Å². The standard InChI is InChI=1S/C17H25N3O2/c1-3-13-4-6-14(7-5-13)12-20(15-8-9-15)11-10-16(21)19-17(22)18-2/h4-7,15H,3,8-12H2,1-2H3,(H2,18,19,21,22). The fourth-order valence-electron chi connectivity index (χ4n) is 2.44. The summed E-state index contributed by atoms with van der Waals surface area (Å²) >= 11 is 0. The van der Waals surface area contributed by atoms with E-state index in [1.165, 1.54) is 31.0 Å². The van der Waals surface area contributed by atoms with E-state index < -0.39 is 6.03 Å². The van der Waals surface area contributed by atoms with Crippen LogP contribution in [0.5, 0.6) is 0 Å². The van der Waals surface area contributed by atoms with Crippen molar-refractivity contribution in [2.45, 2.75) is 45.2 Å². The Morgan fingerprint density at radius 3 is 2.36 bits per heavy atom. The molecule has 2 N–H and O–H groups in total. The summed E-state index contributed by atoms with van der Waals surface area (Å²) in [7, 11) is 1.50. The van der Waals surface area contributed by atoms with Gasteiger partial charge in [0.2, 0.25) is 5.91 Å². The molecule has 0 unspecified atom stereocenters. The van der Waals surface area contributed by atoms with Crippen molar-refractivity contribution in [2.75, 3.05) is 13.6 Å². The SMILES string of the molecule is CCc1ccc(CN(CCC(=O)NC(=O)NC)C2CC2)cc1. The van der Waals surface area contributed by atoms with Crippen LogP contribution in [0.2, 0.25) is 0 Å². The average Bonchev–Trinajstić information content (AvgIpc) is 3.36. The van der Waals surface area contributed by atoms with Gasteiger partial charge >= 0.3 is 6.03 Å². The number of urea groups is 1. The van der Waals surface area contributed by atoms with E-state index in [9.17, 15) is 9.59 Å². The normalized spacial score (nSPS) is 14.0. The molecule has 0 saturated heterocycles. The van der Waals surface area contributed by atoms with Gasteiger partial charge in [-0.15, -0.1) is 0 Å². The first-order chi connectivity index (χ1) is 10.6. The first-order valence-corrected chi connectivity index (χ1v) is 7.95. The second-order valence-electron chi connectivity index (χ2n) is 5.75. The Morgan fingerprint density at radius 2 is 1.82 bits per heavy atom. The smallest absolute Gasteiger partial charge is 0.321 e. The predicted octanol–water partition coefficient (Wildman–Crippen LogP) is 2.06. The number of carbonyl (C=O) groups is 2. The molecule has 0 heterocycles. The lowest BCUT2D eigenvalue weighted by molar-refractivity contribution is -0.120. The third-order valence-corrected chi connectivity index (χ3v) is 3.99. The highest BCUT2D eigenvalue weighted by Gasteiger charge is 2.29. The number of hydrogen-bond donors (Lipinski definition) is 2. The summed E-state index contributed by atoms with van der Waals surface area (Å²) < 4.78 is 0. The van der Waals surface area contributed by atoms with E-state index in [2.05, 4.69) is 46.7 Å². The molecule has 1 aliphatic rings. The molecular formula is C17H25N3O2. The van der Waals surface area contributed by atoms with Crippen molar-refractivity contribution in [3.8, 4) is 0 Å². The van der Waals surface area contributed by atoms with Crippen molar-refractivity contribution in [1.82, 2.24) is 15.5 Å². The van der Waals surface area contributed by atoms with Gasteiger partial charge in [0.1, 0.15) is 0 Å². The molecule has 1 saturated carbocycles. The number of imide groups is 1. The highest BCUT2D eigenvalue weighted by atomic mass is 16.2. The van der Waals surface area contributed by atoms with Gasteiger partial charge in [0, 0.05) is 32.6 Å². The molecule has 5 nitrogen and oxygen atoms in total.